The summed E-state index contributed by atoms with van der Waals surface area (Å²) >= 11 is 0. The van der Waals surface area contributed by atoms with E-state index in [-0.39, 0.29) is 6.61 Å². The van der Waals surface area contributed by atoms with Crippen LogP contribution in [0.15, 0.2) is 30.3 Å². The second-order valence-corrected chi connectivity index (χ2v) is 4.54. The molecule has 1 aromatic rings. The molecule has 1 atom stereocenters. The Morgan fingerprint density at radius 3 is 2.50 bits per heavy atom. The monoisotopic (exact) mass is 252 g/mol. The van der Waals surface area contributed by atoms with Gasteiger partial charge < -0.3 is 15.6 Å². The summed E-state index contributed by atoms with van der Waals surface area (Å²) in [6, 6.07) is 9.75. The molecule has 0 radical (unpaired) electrons. The number of methoxy groups -OCH3 is 1. The second kappa shape index (κ2) is 7.48. The molecule has 0 amide bonds. The number of nitrogens with zero attached hydrogens (tertiary/aromatic N) is 1. The third kappa shape index (κ3) is 4.07. The maximum Gasteiger partial charge on any atom is 0.0772 e. The van der Waals surface area contributed by atoms with Crippen LogP contribution in [0.1, 0.15) is 12.5 Å². The summed E-state index contributed by atoms with van der Waals surface area (Å²) in [5, 5.41) is 9.63. The lowest BCUT2D eigenvalue weighted by Crippen LogP contribution is -2.51. The van der Waals surface area contributed by atoms with Crippen LogP contribution < -0.4 is 5.73 Å². The van der Waals surface area contributed by atoms with Gasteiger partial charge in [-0.15, -0.1) is 0 Å². The summed E-state index contributed by atoms with van der Waals surface area (Å²) in [5.74, 6) is 0. The van der Waals surface area contributed by atoms with Crippen molar-refractivity contribution in [3.63, 3.8) is 0 Å². The average molecular weight is 252 g/mol. The quantitative estimate of drug-likeness (QED) is 0.718. The SMILES string of the molecule is CCN(CCOC)CC(N)(CO)c1ccccc1. The van der Waals surface area contributed by atoms with Crippen molar-refractivity contribution in [1.29, 1.82) is 0 Å². The normalized spacial score (nSPS) is 14.7. The molecule has 0 spiro atoms. The molecule has 0 heterocycles. The molecule has 0 aliphatic heterocycles. The van der Waals surface area contributed by atoms with Gasteiger partial charge in [-0.3, -0.25) is 4.90 Å². The minimum atomic E-state index is -0.717. The lowest BCUT2D eigenvalue weighted by molar-refractivity contribution is 0.108. The molecule has 0 saturated carbocycles. The van der Waals surface area contributed by atoms with Gasteiger partial charge in [0.05, 0.1) is 18.8 Å². The van der Waals surface area contributed by atoms with Crippen LogP contribution in [0.5, 0.6) is 0 Å². The topological polar surface area (TPSA) is 58.7 Å². The third-order valence-corrected chi connectivity index (χ3v) is 3.20. The Labute approximate surface area is 109 Å². The first-order valence-corrected chi connectivity index (χ1v) is 6.33. The van der Waals surface area contributed by atoms with Crippen molar-refractivity contribution < 1.29 is 9.84 Å². The van der Waals surface area contributed by atoms with E-state index in [2.05, 4.69) is 11.8 Å². The van der Waals surface area contributed by atoms with Gasteiger partial charge in [-0.25, -0.2) is 0 Å². The Bertz CT molecular complexity index is 332. The van der Waals surface area contributed by atoms with Crippen molar-refractivity contribution in [2.75, 3.05) is 40.0 Å². The Kier molecular flexibility index (Phi) is 6.29. The van der Waals surface area contributed by atoms with Gasteiger partial charge in [0.25, 0.3) is 0 Å². The Balaban J connectivity index is 2.75. The van der Waals surface area contributed by atoms with Gasteiger partial charge in [0.1, 0.15) is 0 Å². The van der Waals surface area contributed by atoms with Gasteiger partial charge in [0.15, 0.2) is 0 Å². The lowest BCUT2D eigenvalue weighted by Gasteiger charge is -2.34. The lowest BCUT2D eigenvalue weighted by atomic mass is 9.91. The molecular weight excluding hydrogens is 228 g/mol. The Morgan fingerprint density at radius 2 is 2.00 bits per heavy atom. The van der Waals surface area contributed by atoms with Crippen molar-refractivity contribution >= 4 is 0 Å². The smallest absolute Gasteiger partial charge is 0.0772 e. The summed E-state index contributed by atoms with van der Waals surface area (Å²) in [6.07, 6.45) is 0. The molecule has 1 rings (SSSR count). The first-order chi connectivity index (χ1) is 8.66. The number of nitrogens with two attached hydrogens (primary N) is 1. The van der Waals surface area contributed by atoms with Crippen LogP contribution in [-0.4, -0.2) is 50.0 Å². The van der Waals surface area contributed by atoms with Crippen molar-refractivity contribution in [2.24, 2.45) is 5.73 Å². The maximum absolute atomic E-state index is 9.63. The van der Waals surface area contributed by atoms with Crippen LogP contribution in [-0.2, 0) is 10.3 Å². The minimum Gasteiger partial charge on any atom is -0.394 e. The van der Waals surface area contributed by atoms with Crippen molar-refractivity contribution in [1.82, 2.24) is 4.90 Å². The molecule has 102 valence electrons. The standard InChI is InChI=1S/C14H24N2O2/c1-3-16(9-10-18-2)11-14(15,12-17)13-7-5-4-6-8-13/h4-8,17H,3,9-12,15H2,1-2H3. The second-order valence-electron chi connectivity index (χ2n) is 4.54. The molecule has 18 heavy (non-hydrogen) atoms. The third-order valence-electron chi connectivity index (χ3n) is 3.20. The number of rotatable bonds is 8. The number of hydrogen-bond donors (Lipinski definition) is 2. The predicted octanol–water partition coefficient (Wildman–Crippen LogP) is 0.801. The van der Waals surface area contributed by atoms with E-state index in [1.54, 1.807) is 7.11 Å². The number of ether oxygens (including phenoxy) is 1. The average Bonchev–Trinajstić information content (AvgIpc) is 2.44. The van der Waals surface area contributed by atoms with E-state index < -0.39 is 5.54 Å². The molecule has 4 heteroatoms. The van der Waals surface area contributed by atoms with E-state index in [0.29, 0.717) is 13.2 Å². The van der Waals surface area contributed by atoms with E-state index in [0.717, 1.165) is 18.7 Å². The van der Waals surface area contributed by atoms with Gasteiger partial charge in [0.2, 0.25) is 0 Å². The summed E-state index contributed by atoms with van der Waals surface area (Å²) < 4.78 is 5.08. The van der Waals surface area contributed by atoms with Crippen LogP contribution in [0.2, 0.25) is 0 Å². The first kappa shape index (κ1) is 15.1. The van der Waals surface area contributed by atoms with E-state index in [4.69, 9.17) is 10.5 Å². The molecule has 1 aromatic carbocycles. The highest BCUT2D eigenvalue weighted by atomic mass is 16.5. The van der Waals surface area contributed by atoms with Crippen LogP contribution in [0.3, 0.4) is 0 Å². The molecule has 3 N–H and O–H groups in total. The van der Waals surface area contributed by atoms with Crippen molar-refractivity contribution in [2.45, 2.75) is 12.5 Å². The number of aliphatic hydroxyl groups is 1. The zero-order valence-corrected chi connectivity index (χ0v) is 11.3. The van der Waals surface area contributed by atoms with Crippen LogP contribution >= 0.6 is 0 Å². The van der Waals surface area contributed by atoms with Gasteiger partial charge in [-0.05, 0) is 12.1 Å². The van der Waals surface area contributed by atoms with Crippen molar-refractivity contribution in [3.05, 3.63) is 35.9 Å². The van der Waals surface area contributed by atoms with E-state index in [1.165, 1.54) is 0 Å². The van der Waals surface area contributed by atoms with Crippen LogP contribution in [0, 0.1) is 0 Å². The molecular formula is C14H24N2O2. The zero-order chi connectivity index (χ0) is 13.4. The highest BCUT2D eigenvalue weighted by Gasteiger charge is 2.28. The van der Waals surface area contributed by atoms with Crippen molar-refractivity contribution in [3.8, 4) is 0 Å². The van der Waals surface area contributed by atoms with E-state index in [9.17, 15) is 5.11 Å². The Morgan fingerprint density at radius 1 is 1.33 bits per heavy atom. The molecule has 0 aliphatic carbocycles. The largest absolute Gasteiger partial charge is 0.394 e. The predicted molar refractivity (Wildman–Crippen MR) is 73.4 cm³/mol. The summed E-state index contributed by atoms with van der Waals surface area (Å²) in [5.41, 5.74) is 6.58. The molecule has 0 saturated heterocycles. The van der Waals surface area contributed by atoms with Crippen LogP contribution in [0.25, 0.3) is 0 Å². The molecule has 0 bridgehead atoms. The maximum atomic E-state index is 9.63. The van der Waals surface area contributed by atoms with Crippen LogP contribution in [0.4, 0.5) is 0 Å². The number of aliphatic hydroxyl groups excluding tert-OH is 1. The molecule has 0 fully saturated rings. The van der Waals surface area contributed by atoms with Gasteiger partial charge in [-0.1, -0.05) is 37.3 Å². The number of hydrogen-bond acceptors (Lipinski definition) is 4. The fraction of sp³-hybridized carbons (Fsp3) is 0.571. The highest BCUT2D eigenvalue weighted by molar-refractivity contribution is 5.24. The number of likely N-dealkylation sites (N-methyl/N-ethyl adjacent to an activating group) is 1. The first-order valence-electron chi connectivity index (χ1n) is 6.33. The van der Waals surface area contributed by atoms with Gasteiger partial charge >= 0.3 is 0 Å². The number of benzene rings is 1. The molecule has 0 aromatic heterocycles. The fourth-order valence-corrected chi connectivity index (χ4v) is 1.97. The minimum absolute atomic E-state index is 0.0690. The molecule has 1 unspecified atom stereocenters. The Hall–Kier alpha value is -0.940. The van der Waals surface area contributed by atoms with Gasteiger partial charge in [0, 0.05) is 20.2 Å². The molecule has 0 aliphatic rings. The summed E-state index contributed by atoms with van der Waals surface area (Å²) in [4.78, 5) is 2.19. The zero-order valence-electron chi connectivity index (χ0n) is 11.3. The molecule has 4 nitrogen and oxygen atoms in total. The van der Waals surface area contributed by atoms with E-state index in [1.807, 2.05) is 30.3 Å². The fourth-order valence-electron chi connectivity index (χ4n) is 1.97. The summed E-state index contributed by atoms with van der Waals surface area (Å²) in [7, 11) is 1.69. The van der Waals surface area contributed by atoms with E-state index >= 15 is 0 Å². The highest BCUT2D eigenvalue weighted by Crippen LogP contribution is 2.18. The van der Waals surface area contributed by atoms with Gasteiger partial charge in [-0.2, -0.15) is 0 Å². The summed E-state index contributed by atoms with van der Waals surface area (Å²) in [6.45, 7) is 5.00.